The summed E-state index contributed by atoms with van der Waals surface area (Å²) in [6.07, 6.45) is 1.29. The van der Waals surface area contributed by atoms with Crippen LogP contribution in [-0.2, 0) is 0 Å². The van der Waals surface area contributed by atoms with Gasteiger partial charge in [-0.15, -0.1) is 0 Å². The highest BCUT2D eigenvalue weighted by Gasteiger charge is 2.42. The summed E-state index contributed by atoms with van der Waals surface area (Å²) in [5.41, 5.74) is 2.57. The van der Waals surface area contributed by atoms with Gasteiger partial charge < -0.3 is 10.2 Å². The molecule has 3 rings (SSSR count). The van der Waals surface area contributed by atoms with Gasteiger partial charge in [0.15, 0.2) is 5.78 Å². The Morgan fingerprint density at radius 2 is 2.00 bits per heavy atom. The highest BCUT2D eigenvalue weighted by Crippen LogP contribution is 2.36. The summed E-state index contributed by atoms with van der Waals surface area (Å²) < 4.78 is 0. The Bertz CT molecular complexity index is 434. The number of rotatable bonds is 2. The number of benzene rings is 1. The Hall–Kier alpha value is -1.35. The molecule has 1 N–H and O–H groups in total. The smallest absolute Gasteiger partial charge is 0.159 e. The summed E-state index contributed by atoms with van der Waals surface area (Å²) in [7, 11) is 0. The van der Waals surface area contributed by atoms with Crippen LogP contribution in [0.4, 0.5) is 5.69 Å². The van der Waals surface area contributed by atoms with Crippen molar-refractivity contribution in [2.45, 2.75) is 13.3 Å². The number of nitrogens with one attached hydrogen (secondary N) is 1. The van der Waals surface area contributed by atoms with Crippen LogP contribution in [0.2, 0.25) is 0 Å². The van der Waals surface area contributed by atoms with Crippen LogP contribution in [0.1, 0.15) is 23.7 Å². The zero-order valence-corrected chi connectivity index (χ0v) is 10.2. The molecule has 90 valence electrons. The number of hydrogen-bond donors (Lipinski definition) is 1. The van der Waals surface area contributed by atoms with Gasteiger partial charge in [0.05, 0.1) is 0 Å². The van der Waals surface area contributed by atoms with Gasteiger partial charge in [0.25, 0.3) is 0 Å². The first-order valence-electron chi connectivity index (χ1n) is 6.25. The standard InChI is InChI=1S/C14H18N2O/c1-11(17)12-2-4-13(5-3-12)16-7-6-14(10-16)8-15-9-14/h2-5,15H,6-10H2,1H3. The molecule has 0 saturated carbocycles. The van der Waals surface area contributed by atoms with Crippen molar-refractivity contribution >= 4 is 11.5 Å². The lowest BCUT2D eigenvalue weighted by Gasteiger charge is -2.39. The highest BCUT2D eigenvalue weighted by atomic mass is 16.1. The van der Waals surface area contributed by atoms with Crippen LogP contribution >= 0.6 is 0 Å². The molecule has 3 nitrogen and oxygen atoms in total. The van der Waals surface area contributed by atoms with Crippen LogP contribution in [0, 0.1) is 5.41 Å². The molecule has 1 spiro atoms. The van der Waals surface area contributed by atoms with E-state index in [-0.39, 0.29) is 5.78 Å². The van der Waals surface area contributed by atoms with Crippen molar-refractivity contribution in [2.75, 3.05) is 31.1 Å². The van der Waals surface area contributed by atoms with Gasteiger partial charge in [-0.3, -0.25) is 4.79 Å². The zero-order valence-electron chi connectivity index (χ0n) is 10.2. The summed E-state index contributed by atoms with van der Waals surface area (Å²) >= 11 is 0. The lowest BCUT2D eigenvalue weighted by atomic mass is 9.81. The number of Topliss-reactive ketones (excluding diaryl/α,β-unsaturated/α-hetero) is 1. The molecule has 0 radical (unpaired) electrons. The van der Waals surface area contributed by atoms with Gasteiger partial charge in [-0.05, 0) is 37.6 Å². The van der Waals surface area contributed by atoms with Gasteiger partial charge in [0.2, 0.25) is 0 Å². The number of hydrogen-bond acceptors (Lipinski definition) is 3. The number of carbonyl (C=O) groups excluding carboxylic acids is 1. The van der Waals surface area contributed by atoms with Crippen LogP contribution in [-0.4, -0.2) is 32.0 Å². The first kappa shape index (κ1) is 10.8. The Morgan fingerprint density at radius 3 is 2.47 bits per heavy atom. The molecular formula is C14H18N2O. The molecular weight excluding hydrogens is 212 g/mol. The third-order valence-corrected chi connectivity index (χ3v) is 4.08. The molecule has 2 aliphatic heterocycles. The second-order valence-corrected chi connectivity index (χ2v) is 5.38. The van der Waals surface area contributed by atoms with E-state index in [1.807, 2.05) is 12.1 Å². The van der Waals surface area contributed by atoms with Crippen LogP contribution < -0.4 is 10.2 Å². The molecule has 0 aliphatic carbocycles. The fourth-order valence-corrected chi connectivity index (χ4v) is 2.83. The average Bonchev–Trinajstić information content (AvgIpc) is 2.74. The maximum atomic E-state index is 11.2. The predicted molar refractivity (Wildman–Crippen MR) is 68.6 cm³/mol. The van der Waals surface area contributed by atoms with Crippen molar-refractivity contribution in [3.8, 4) is 0 Å². The van der Waals surface area contributed by atoms with Crippen molar-refractivity contribution in [2.24, 2.45) is 5.41 Å². The summed E-state index contributed by atoms with van der Waals surface area (Å²) in [5, 5.41) is 3.37. The molecule has 0 bridgehead atoms. The summed E-state index contributed by atoms with van der Waals surface area (Å²) in [4.78, 5) is 13.6. The van der Waals surface area contributed by atoms with Crippen molar-refractivity contribution in [1.82, 2.24) is 5.32 Å². The number of ketones is 1. The normalized spacial score (nSPS) is 21.6. The van der Waals surface area contributed by atoms with E-state index in [0.29, 0.717) is 5.41 Å². The quantitative estimate of drug-likeness (QED) is 0.785. The van der Waals surface area contributed by atoms with Gasteiger partial charge in [-0.2, -0.15) is 0 Å². The third kappa shape index (κ3) is 1.84. The summed E-state index contributed by atoms with van der Waals surface area (Å²) in [6.45, 7) is 6.23. The zero-order chi connectivity index (χ0) is 11.9. The van der Waals surface area contributed by atoms with Crippen molar-refractivity contribution < 1.29 is 4.79 Å². The van der Waals surface area contributed by atoms with Gasteiger partial charge in [-0.25, -0.2) is 0 Å². The molecule has 1 aromatic carbocycles. The molecule has 2 aliphatic rings. The molecule has 17 heavy (non-hydrogen) atoms. The molecule has 0 aromatic heterocycles. The monoisotopic (exact) mass is 230 g/mol. The van der Waals surface area contributed by atoms with Crippen LogP contribution in [0.5, 0.6) is 0 Å². The molecule has 0 amide bonds. The van der Waals surface area contributed by atoms with E-state index < -0.39 is 0 Å². The molecule has 0 atom stereocenters. The van der Waals surface area contributed by atoms with Gasteiger partial charge in [0.1, 0.15) is 0 Å². The molecule has 3 heteroatoms. The van der Waals surface area contributed by atoms with E-state index in [1.54, 1.807) is 6.92 Å². The minimum atomic E-state index is 0.137. The lowest BCUT2D eigenvalue weighted by Crippen LogP contribution is -2.54. The van der Waals surface area contributed by atoms with Gasteiger partial charge in [0, 0.05) is 42.8 Å². The fraction of sp³-hybridized carbons (Fsp3) is 0.500. The van der Waals surface area contributed by atoms with Gasteiger partial charge >= 0.3 is 0 Å². The van der Waals surface area contributed by atoms with Crippen molar-refractivity contribution in [3.05, 3.63) is 29.8 Å². The Kier molecular flexibility index (Phi) is 2.44. The fourth-order valence-electron chi connectivity index (χ4n) is 2.83. The largest absolute Gasteiger partial charge is 0.371 e. The minimum Gasteiger partial charge on any atom is -0.371 e. The first-order valence-corrected chi connectivity index (χ1v) is 6.25. The molecule has 0 unspecified atom stereocenters. The average molecular weight is 230 g/mol. The lowest BCUT2D eigenvalue weighted by molar-refractivity contribution is 0.101. The number of carbonyl (C=O) groups is 1. The Morgan fingerprint density at radius 1 is 1.29 bits per heavy atom. The molecule has 2 heterocycles. The topological polar surface area (TPSA) is 32.3 Å². The van der Waals surface area contributed by atoms with Crippen LogP contribution in [0.25, 0.3) is 0 Å². The minimum absolute atomic E-state index is 0.137. The summed E-state index contributed by atoms with van der Waals surface area (Å²) in [6, 6.07) is 8.01. The predicted octanol–water partition coefficient (Wildman–Crippen LogP) is 1.69. The van der Waals surface area contributed by atoms with E-state index in [4.69, 9.17) is 0 Å². The van der Waals surface area contributed by atoms with E-state index in [9.17, 15) is 4.79 Å². The Balaban J connectivity index is 1.74. The second kappa shape index (κ2) is 3.84. The third-order valence-electron chi connectivity index (χ3n) is 4.08. The van der Waals surface area contributed by atoms with E-state index in [2.05, 4.69) is 22.3 Å². The van der Waals surface area contributed by atoms with E-state index >= 15 is 0 Å². The van der Waals surface area contributed by atoms with Gasteiger partial charge in [-0.1, -0.05) is 0 Å². The molecule has 2 fully saturated rings. The SMILES string of the molecule is CC(=O)c1ccc(N2CCC3(CNC3)C2)cc1. The Labute approximate surface area is 102 Å². The highest BCUT2D eigenvalue weighted by molar-refractivity contribution is 5.94. The molecule has 2 saturated heterocycles. The second-order valence-electron chi connectivity index (χ2n) is 5.38. The van der Waals surface area contributed by atoms with Crippen molar-refractivity contribution in [3.63, 3.8) is 0 Å². The van der Waals surface area contributed by atoms with E-state index in [0.717, 1.165) is 31.7 Å². The number of nitrogens with zero attached hydrogens (tertiary/aromatic N) is 1. The van der Waals surface area contributed by atoms with Crippen LogP contribution in [0.3, 0.4) is 0 Å². The number of anilines is 1. The first-order chi connectivity index (χ1) is 8.19. The maximum Gasteiger partial charge on any atom is 0.159 e. The summed E-state index contributed by atoms with van der Waals surface area (Å²) in [5.74, 6) is 0.137. The molecule has 1 aromatic rings. The maximum absolute atomic E-state index is 11.2. The van der Waals surface area contributed by atoms with E-state index in [1.165, 1.54) is 12.1 Å². The van der Waals surface area contributed by atoms with Crippen molar-refractivity contribution in [1.29, 1.82) is 0 Å². The van der Waals surface area contributed by atoms with Crippen LogP contribution in [0.15, 0.2) is 24.3 Å².